The summed E-state index contributed by atoms with van der Waals surface area (Å²) in [6.07, 6.45) is 2.93. The van der Waals surface area contributed by atoms with Crippen molar-refractivity contribution in [3.8, 4) is 0 Å². The number of hydrogen-bond donors (Lipinski definition) is 2. The van der Waals surface area contributed by atoms with Gasteiger partial charge in [0, 0.05) is 0 Å². The molecule has 2 aromatic rings. The van der Waals surface area contributed by atoms with Crippen LogP contribution in [0, 0.1) is 6.92 Å². The molecule has 0 atom stereocenters. The number of rotatable bonds is 4. The third kappa shape index (κ3) is 2.94. The van der Waals surface area contributed by atoms with Gasteiger partial charge in [0.15, 0.2) is 0 Å². The van der Waals surface area contributed by atoms with Crippen molar-refractivity contribution in [2.45, 2.75) is 31.1 Å². The maximum Gasteiger partial charge on any atom is 0.336 e. The fraction of sp³-hybridized carbons (Fsp3) is 0.235. The first-order valence-corrected chi connectivity index (χ1v) is 8.84. The minimum atomic E-state index is -3.74. The summed E-state index contributed by atoms with van der Waals surface area (Å²) in [6, 6.07) is 9.70. The van der Waals surface area contributed by atoms with Gasteiger partial charge in [-0.15, -0.1) is 0 Å². The average Bonchev–Trinajstić information content (AvgIpc) is 2.96. The summed E-state index contributed by atoms with van der Waals surface area (Å²) in [5, 5.41) is 9.13. The van der Waals surface area contributed by atoms with E-state index in [0.29, 0.717) is 5.56 Å². The summed E-state index contributed by atoms with van der Waals surface area (Å²) in [6.45, 7) is 1.59. The fourth-order valence-electron chi connectivity index (χ4n) is 2.90. The fourth-order valence-corrected chi connectivity index (χ4v) is 4.07. The van der Waals surface area contributed by atoms with Gasteiger partial charge in [0.2, 0.25) is 0 Å². The molecule has 6 heteroatoms. The summed E-state index contributed by atoms with van der Waals surface area (Å²) in [7, 11) is -3.74. The molecule has 1 aliphatic carbocycles. The van der Waals surface area contributed by atoms with Gasteiger partial charge in [0.05, 0.1) is 16.1 Å². The lowest BCUT2D eigenvalue weighted by atomic mass is 10.1. The zero-order chi connectivity index (χ0) is 16.6. The molecule has 2 aromatic carbocycles. The van der Waals surface area contributed by atoms with E-state index in [9.17, 15) is 13.2 Å². The van der Waals surface area contributed by atoms with Crippen LogP contribution in [0.4, 0.5) is 5.69 Å². The maximum absolute atomic E-state index is 12.6. The predicted octanol–water partition coefficient (Wildman–Crippen LogP) is 2.98. The topological polar surface area (TPSA) is 83.5 Å². The van der Waals surface area contributed by atoms with Crippen molar-refractivity contribution in [1.82, 2.24) is 0 Å². The third-order valence-corrected chi connectivity index (χ3v) is 5.55. The standard InChI is InChI=1S/C17H17NO4S/c1-11-15(17(19)20)6-3-7-16(11)18-23(21,22)14-9-8-12-4-2-5-13(12)10-14/h3,6-10,18H,2,4-5H2,1H3,(H,19,20). The molecule has 0 saturated carbocycles. The Labute approximate surface area is 135 Å². The van der Waals surface area contributed by atoms with E-state index in [0.717, 1.165) is 24.8 Å². The van der Waals surface area contributed by atoms with E-state index in [4.69, 9.17) is 5.11 Å². The molecule has 0 aliphatic heterocycles. The van der Waals surface area contributed by atoms with Gasteiger partial charge < -0.3 is 5.11 Å². The van der Waals surface area contributed by atoms with Gasteiger partial charge in [0.1, 0.15) is 0 Å². The van der Waals surface area contributed by atoms with Crippen LogP contribution in [-0.4, -0.2) is 19.5 Å². The van der Waals surface area contributed by atoms with Crippen LogP contribution in [0.3, 0.4) is 0 Å². The number of benzene rings is 2. The molecule has 2 N–H and O–H groups in total. The van der Waals surface area contributed by atoms with Crippen LogP contribution in [0.2, 0.25) is 0 Å². The van der Waals surface area contributed by atoms with Crippen LogP contribution in [0.15, 0.2) is 41.3 Å². The monoisotopic (exact) mass is 331 g/mol. The van der Waals surface area contributed by atoms with Gasteiger partial charge in [-0.3, -0.25) is 4.72 Å². The lowest BCUT2D eigenvalue weighted by Gasteiger charge is -2.13. The predicted molar refractivity (Wildman–Crippen MR) is 87.4 cm³/mol. The molecule has 0 bridgehead atoms. The molecule has 5 nitrogen and oxygen atoms in total. The van der Waals surface area contributed by atoms with Crippen LogP contribution in [-0.2, 0) is 22.9 Å². The van der Waals surface area contributed by atoms with Crippen LogP contribution in [0.5, 0.6) is 0 Å². The van der Waals surface area contributed by atoms with Crippen molar-refractivity contribution in [3.05, 3.63) is 58.7 Å². The van der Waals surface area contributed by atoms with Crippen LogP contribution in [0.25, 0.3) is 0 Å². The van der Waals surface area contributed by atoms with Crippen molar-refractivity contribution < 1.29 is 18.3 Å². The zero-order valence-electron chi connectivity index (χ0n) is 12.7. The Morgan fingerprint density at radius 3 is 2.61 bits per heavy atom. The first kappa shape index (κ1) is 15.6. The van der Waals surface area contributed by atoms with Crippen molar-refractivity contribution in [2.24, 2.45) is 0 Å². The lowest BCUT2D eigenvalue weighted by Crippen LogP contribution is -2.15. The molecule has 0 aromatic heterocycles. The number of anilines is 1. The molecule has 0 fully saturated rings. The highest BCUT2D eigenvalue weighted by Crippen LogP contribution is 2.27. The number of fused-ring (bicyclic) bond motifs is 1. The van der Waals surface area contributed by atoms with Crippen molar-refractivity contribution in [1.29, 1.82) is 0 Å². The quantitative estimate of drug-likeness (QED) is 0.902. The molecule has 1 aliphatic rings. The Balaban J connectivity index is 1.96. The minimum Gasteiger partial charge on any atom is -0.478 e. The number of nitrogens with one attached hydrogen (secondary N) is 1. The second kappa shape index (κ2) is 5.70. The molecule has 23 heavy (non-hydrogen) atoms. The number of hydrogen-bond acceptors (Lipinski definition) is 3. The number of carbonyl (C=O) groups is 1. The largest absolute Gasteiger partial charge is 0.478 e. The zero-order valence-corrected chi connectivity index (χ0v) is 13.5. The van der Waals surface area contributed by atoms with E-state index in [2.05, 4.69) is 4.72 Å². The Morgan fingerprint density at radius 1 is 1.13 bits per heavy atom. The number of aryl methyl sites for hydroxylation is 2. The van der Waals surface area contributed by atoms with Crippen molar-refractivity contribution in [2.75, 3.05) is 4.72 Å². The highest BCUT2D eigenvalue weighted by atomic mass is 32.2. The molecule has 0 radical (unpaired) electrons. The highest BCUT2D eigenvalue weighted by Gasteiger charge is 2.20. The SMILES string of the molecule is Cc1c(NS(=O)(=O)c2ccc3c(c2)CCC3)cccc1C(=O)O. The first-order valence-electron chi connectivity index (χ1n) is 7.36. The van der Waals surface area contributed by atoms with Gasteiger partial charge >= 0.3 is 5.97 Å². The summed E-state index contributed by atoms with van der Waals surface area (Å²) in [5.74, 6) is -1.08. The number of sulfonamides is 1. The van der Waals surface area contributed by atoms with Crippen molar-refractivity contribution >= 4 is 21.7 Å². The number of carboxylic acids is 1. The Hall–Kier alpha value is -2.34. The van der Waals surface area contributed by atoms with Crippen molar-refractivity contribution in [3.63, 3.8) is 0 Å². The molecule has 120 valence electrons. The number of aromatic carboxylic acids is 1. The van der Waals surface area contributed by atoms with E-state index in [1.165, 1.54) is 17.7 Å². The molecular weight excluding hydrogens is 314 g/mol. The van der Waals surface area contributed by atoms with Crippen LogP contribution in [0.1, 0.15) is 33.5 Å². The summed E-state index contributed by atoms with van der Waals surface area (Å²) in [5.41, 5.74) is 3.03. The molecular formula is C17H17NO4S. The number of carboxylic acid groups (broad SMARTS) is 1. The van der Waals surface area contributed by atoms with E-state index < -0.39 is 16.0 Å². The van der Waals surface area contributed by atoms with Gasteiger partial charge in [-0.05, 0) is 67.1 Å². The Kier molecular flexibility index (Phi) is 3.85. The van der Waals surface area contributed by atoms with Crippen LogP contribution < -0.4 is 4.72 Å². The van der Waals surface area contributed by atoms with E-state index in [1.807, 2.05) is 6.07 Å². The average molecular weight is 331 g/mol. The third-order valence-electron chi connectivity index (χ3n) is 4.19. The maximum atomic E-state index is 12.6. The lowest BCUT2D eigenvalue weighted by molar-refractivity contribution is 0.0696. The summed E-state index contributed by atoms with van der Waals surface area (Å²) >= 11 is 0. The van der Waals surface area contributed by atoms with Gasteiger partial charge in [-0.25, -0.2) is 13.2 Å². The molecule has 3 rings (SSSR count). The van der Waals surface area contributed by atoms with Gasteiger partial charge in [0.25, 0.3) is 10.0 Å². The highest BCUT2D eigenvalue weighted by molar-refractivity contribution is 7.92. The summed E-state index contributed by atoms with van der Waals surface area (Å²) < 4.78 is 27.7. The molecule has 0 unspecified atom stereocenters. The summed E-state index contributed by atoms with van der Waals surface area (Å²) in [4.78, 5) is 11.4. The minimum absolute atomic E-state index is 0.0825. The first-order chi connectivity index (χ1) is 10.9. The second-order valence-electron chi connectivity index (χ2n) is 5.67. The molecule has 0 amide bonds. The smallest absolute Gasteiger partial charge is 0.336 e. The molecule has 0 spiro atoms. The Bertz CT molecular complexity index is 887. The molecule has 0 heterocycles. The van der Waals surface area contributed by atoms with Crippen LogP contribution >= 0.6 is 0 Å². The van der Waals surface area contributed by atoms with Gasteiger partial charge in [-0.2, -0.15) is 0 Å². The van der Waals surface area contributed by atoms with E-state index in [-0.39, 0.29) is 16.1 Å². The Morgan fingerprint density at radius 2 is 1.87 bits per heavy atom. The van der Waals surface area contributed by atoms with Gasteiger partial charge in [-0.1, -0.05) is 12.1 Å². The normalized spacial score (nSPS) is 13.6. The van der Waals surface area contributed by atoms with E-state index >= 15 is 0 Å². The molecule has 0 saturated heterocycles. The second-order valence-corrected chi connectivity index (χ2v) is 7.36. The van der Waals surface area contributed by atoms with E-state index in [1.54, 1.807) is 25.1 Å².